The fourth-order valence-electron chi connectivity index (χ4n) is 2.27. The van der Waals surface area contributed by atoms with Crippen LogP contribution in [-0.2, 0) is 16.0 Å². The summed E-state index contributed by atoms with van der Waals surface area (Å²) in [5.74, 6) is -0.802. The van der Waals surface area contributed by atoms with Crippen molar-refractivity contribution in [3.05, 3.63) is 53.3 Å². The molecule has 1 aromatic carbocycles. The number of carbonyl (C=O) groups excluding carboxylic acids is 1. The van der Waals surface area contributed by atoms with Crippen LogP contribution in [0.1, 0.15) is 5.56 Å². The second-order valence-corrected chi connectivity index (χ2v) is 4.29. The van der Waals surface area contributed by atoms with E-state index in [-0.39, 0.29) is 11.4 Å². The van der Waals surface area contributed by atoms with Gasteiger partial charge in [-0.15, -0.1) is 0 Å². The number of Topliss-reactive ketones (excluding diaryl/α,β-unsaturated/α-hetero) is 1. The molecule has 0 saturated heterocycles. The van der Waals surface area contributed by atoms with E-state index in [1.54, 1.807) is 6.08 Å². The molecule has 0 fully saturated rings. The van der Waals surface area contributed by atoms with Crippen LogP contribution < -0.4 is 4.74 Å². The fraction of sp³-hybridized carbons (Fsp3) is 0.143. The molecule has 90 valence electrons. The molecule has 0 bridgehead atoms. The van der Waals surface area contributed by atoms with E-state index in [0.717, 1.165) is 11.3 Å². The molecule has 1 aliphatic carbocycles. The van der Waals surface area contributed by atoms with Gasteiger partial charge in [0.15, 0.2) is 5.78 Å². The van der Waals surface area contributed by atoms with E-state index in [0.29, 0.717) is 12.2 Å². The molecule has 0 aromatic heterocycles. The van der Waals surface area contributed by atoms with Crippen LogP contribution in [0, 0.1) is 5.92 Å². The molecule has 4 heteroatoms. The number of ether oxygens (including phenoxy) is 1. The standard InChI is InChI=1S/C14H10O4/c15-13-9(14(16)17)5-6-12-10(13)7-8-3-1-2-4-11(8)18-12/h1-6,10H,7H2,(H,16,17). The van der Waals surface area contributed by atoms with Crippen molar-refractivity contribution in [1.29, 1.82) is 0 Å². The van der Waals surface area contributed by atoms with Gasteiger partial charge in [-0.25, -0.2) is 4.79 Å². The number of rotatable bonds is 1. The predicted molar refractivity (Wildman–Crippen MR) is 63.1 cm³/mol. The van der Waals surface area contributed by atoms with Gasteiger partial charge in [0.2, 0.25) is 0 Å². The van der Waals surface area contributed by atoms with Gasteiger partial charge in [0.1, 0.15) is 17.1 Å². The Hall–Kier alpha value is -2.36. The molecule has 0 saturated carbocycles. The smallest absolute Gasteiger partial charge is 0.339 e. The van der Waals surface area contributed by atoms with Crippen LogP contribution in [0.15, 0.2) is 47.7 Å². The van der Waals surface area contributed by atoms with Crippen LogP contribution >= 0.6 is 0 Å². The lowest BCUT2D eigenvalue weighted by Gasteiger charge is -2.28. The number of carbonyl (C=O) groups is 2. The van der Waals surface area contributed by atoms with Crippen LogP contribution in [-0.4, -0.2) is 16.9 Å². The third-order valence-electron chi connectivity index (χ3n) is 3.19. The molecule has 1 unspecified atom stereocenters. The van der Waals surface area contributed by atoms with E-state index >= 15 is 0 Å². The van der Waals surface area contributed by atoms with Gasteiger partial charge >= 0.3 is 5.97 Å². The van der Waals surface area contributed by atoms with E-state index in [1.807, 2.05) is 24.3 Å². The summed E-state index contributed by atoms with van der Waals surface area (Å²) in [5.41, 5.74) is 0.756. The van der Waals surface area contributed by atoms with Crippen molar-refractivity contribution in [1.82, 2.24) is 0 Å². The molecule has 0 radical (unpaired) electrons. The van der Waals surface area contributed by atoms with Gasteiger partial charge in [0.25, 0.3) is 0 Å². The molecule has 2 aliphatic rings. The average Bonchev–Trinajstić information content (AvgIpc) is 2.37. The highest BCUT2D eigenvalue weighted by atomic mass is 16.5. The molecule has 1 N–H and O–H groups in total. The first-order valence-electron chi connectivity index (χ1n) is 5.62. The van der Waals surface area contributed by atoms with E-state index < -0.39 is 11.9 Å². The molecule has 0 amide bonds. The minimum atomic E-state index is -1.19. The highest BCUT2D eigenvalue weighted by Crippen LogP contribution is 2.36. The second-order valence-electron chi connectivity index (χ2n) is 4.29. The van der Waals surface area contributed by atoms with Crippen molar-refractivity contribution in [3.63, 3.8) is 0 Å². The molecule has 3 rings (SSSR count). The Kier molecular flexibility index (Phi) is 2.30. The van der Waals surface area contributed by atoms with E-state index in [1.165, 1.54) is 6.08 Å². The number of carboxylic acid groups (broad SMARTS) is 1. The van der Waals surface area contributed by atoms with Gasteiger partial charge in [0, 0.05) is 0 Å². The number of hydrogen-bond acceptors (Lipinski definition) is 3. The Bertz CT molecular complexity index is 610. The molecule has 0 spiro atoms. The third-order valence-corrected chi connectivity index (χ3v) is 3.19. The van der Waals surface area contributed by atoms with Crippen molar-refractivity contribution in [2.45, 2.75) is 6.42 Å². The van der Waals surface area contributed by atoms with Crippen LogP contribution in [0.4, 0.5) is 0 Å². The Morgan fingerprint density at radius 2 is 2.06 bits per heavy atom. The Morgan fingerprint density at radius 3 is 2.83 bits per heavy atom. The molecule has 1 atom stereocenters. The number of allylic oxidation sites excluding steroid dienone is 3. The quantitative estimate of drug-likeness (QED) is 0.761. The van der Waals surface area contributed by atoms with Crippen LogP contribution in [0.2, 0.25) is 0 Å². The highest BCUT2D eigenvalue weighted by molar-refractivity contribution is 6.19. The van der Waals surface area contributed by atoms with Gasteiger partial charge in [0.05, 0.1) is 5.92 Å². The number of fused-ring (bicyclic) bond motifs is 2. The predicted octanol–water partition coefficient (Wildman–Crippen LogP) is 1.72. The lowest BCUT2D eigenvalue weighted by atomic mass is 9.84. The lowest BCUT2D eigenvalue weighted by Crippen LogP contribution is -2.31. The first-order chi connectivity index (χ1) is 8.66. The van der Waals surface area contributed by atoms with Crippen molar-refractivity contribution >= 4 is 11.8 Å². The summed E-state index contributed by atoms with van der Waals surface area (Å²) in [7, 11) is 0. The normalized spacial score (nSPS) is 21.1. The Morgan fingerprint density at radius 1 is 1.28 bits per heavy atom. The maximum atomic E-state index is 12.0. The van der Waals surface area contributed by atoms with Gasteiger partial charge in [-0.1, -0.05) is 18.2 Å². The third kappa shape index (κ3) is 1.54. The summed E-state index contributed by atoms with van der Waals surface area (Å²) in [6.45, 7) is 0. The minimum Gasteiger partial charge on any atom is -0.478 e. The molecule has 1 heterocycles. The zero-order valence-corrected chi connectivity index (χ0v) is 9.42. The molecular formula is C14H10O4. The monoisotopic (exact) mass is 242 g/mol. The van der Waals surface area contributed by atoms with Gasteiger partial charge in [-0.3, -0.25) is 4.79 Å². The summed E-state index contributed by atoms with van der Waals surface area (Å²) < 4.78 is 5.64. The maximum absolute atomic E-state index is 12.0. The number of hydrogen-bond donors (Lipinski definition) is 1. The fourth-order valence-corrected chi connectivity index (χ4v) is 2.27. The zero-order chi connectivity index (χ0) is 12.7. The number of para-hydroxylation sites is 1. The highest BCUT2D eigenvalue weighted by Gasteiger charge is 2.36. The summed E-state index contributed by atoms with van der Waals surface area (Å²) in [4.78, 5) is 23.0. The van der Waals surface area contributed by atoms with Crippen molar-refractivity contribution in [3.8, 4) is 5.75 Å². The number of benzene rings is 1. The van der Waals surface area contributed by atoms with Crippen LogP contribution in [0.25, 0.3) is 0 Å². The number of aliphatic carboxylic acids is 1. The van der Waals surface area contributed by atoms with E-state index in [4.69, 9.17) is 9.84 Å². The first kappa shape index (κ1) is 10.8. The molecule has 4 nitrogen and oxygen atoms in total. The Labute approximate surface area is 103 Å². The van der Waals surface area contributed by atoms with Gasteiger partial charge in [-0.2, -0.15) is 0 Å². The van der Waals surface area contributed by atoms with Crippen molar-refractivity contribution in [2.24, 2.45) is 5.92 Å². The summed E-state index contributed by atoms with van der Waals surface area (Å²) in [5, 5.41) is 8.94. The Balaban J connectivity index is 2.03. The van der Waals surface area contributed by atoms with Crippen LogP contribution in [0.3, 0.4) is 0 Å². The van der Waals surface area contributed by atoms with Gasteiger partial charge in [-0.05, 0) is 30.2 Å². The summed E-state index contributed by atoms with van der Waals surface area (Å²) in [6.07, 6.45) is 3.38. The minimum absolute atomic E-state index is 0.174. The molecule has 18 heavy (non-hydrogen) atoms. The van der Waals surface area contributed by atoms with E-state index in [2.05, 4.69) is 0 Å². The largest absolute Gasteiger partial charge is 0.478 e. The number of ketones is 1. The van der Waals surface area contributed by atoms with Crippen molar-refractivity contribution < 1.29 is 19.4 Å². The first-order valence-corrected chi connectivity index (χ1v) is 5.62. The molecule has 1 aromatic rings. The lowest BCUT2D eigenvalue weighted by molar-refractivity contribution is -0.135. The summed E-state index contributed by atoms with van der Waals surface area (Å²) >= 11 is 0. The topological polar surface area (TPSA) is 63.6 Å². The zero-order valence-electron chi connectivity index (χ0n) is 9.42. The number of carboxylic acids is 1. The average molecular weight is 242 g/mol. The molecule has 1 aliphatic heterocycles. The van der Waals surface area contributed by atoms with Crippen LogP contribution in [0.5, 0.6) is 5.75 Å². The SMILES string of the molecule is O=C(O)C1=CC=C2Oc3ccccc3CC2C1=O. The maximum Gasteiger partial charge on any atom is 0.339 e. The summed E-state index contributed by atoms with van der Waals surface area (Å²) in [6, 6.07) is 7.46. The van der Waals surface area contributed by atoms with Gasteiger partial charge < -0.3 is 9.84 Å². The van der Waals surface area contributed by atoms with E-state index in [9.17, 15) is 9.59 Å². The van der Waals surface area contributed by atoms with Crippen molar-refractivity contribution in [2.75, 3.05) is 0 Å². The second kappa shape index (κ2) is 3.84. The molecular weight excluding hydrogens is 232 g/mol.